The molecule has 3 heterocycles. The molecule has 3 aromatic rings. The van der Waals surface area contributed by atoms with Crippen LogP contribution in [0.2, 0.25) is 0 Å². The van der Waals surface area contributed by atoms with Crippen molar-refractivity contribution in [1.82, 2.24) is 19.6 Å². The van der Waals surface area contributed by atoms with Gasteiger partial charge in [-0.05, 0) is 68.0 Å². The highest BCUT2D eigenvalue weighted by atomic mass is 16.2. The Hall–Kier alpha value is -2.92. The van der Waals surface area contributed by atoms with Gasteiger partial charge in [-0.1, -0.05) is 36.4 Å². The van der Waals surface area contributed by atoms with Gasteiger partial charge in [-0.25, -0.2) is 0 Å². The molecule has 5 rings (SSSR count). The largest absolute Gasteiger partial charge is 0.339 e. The number of rotatable bonds is 4. The molecule has 2 aliphatic heterocycles. The van der Waals surface area contributed by atoms with E-state index in [1.54, 1.807) is 0 Å². The topological polar surface area (TPSA) is 41.4 Å². The zero-order valence-corrected chi connectivity index (χ0v) is 19.1. The molecule has 32 heavy (non-hydrogen) atoms. The first-order valence-corrected chi connectivity index (χ1v) is 11.8. The monoisotopic (exact) mass is 428 g/mol. The number of benzene rings is 2. The summed E-state index contributed by atoms with van der Waals surface area (Å²) in [5, 5.41) is 4.53. The number of nitrogens with zero attached hydrogens (tertiary/aromatic N) is 4. The molecule has 0 atom stereocenters. The van der Waals surface area contributed by atoms with Crippen LogP contribution in [0, 0.1) is 13.8 Å². The number of carbonyl (C=O) groups excluding carboxylic acids is 1. The Kier molecular flexibility index (Phi) is 5.83. The summed E-state index contributed by atoms with van der Waals surface area (Å²) in [5.74, 6) is 0.158. The van der Waals surface area contributed by atoms with Crippen LogP contribution in [0.1, 0.15) is 51.3 Å². The Morgan fingerprint density at radius 2 is 1.69 bits per heavy atom. The van der Waals surface area contributed by atoms with Crippen molar-refractivity contribution in [2.24, 2.45) is 0 Å². The maximum absolute atomic E-state index is 13.1. The number of aryl methyl sites for hydroxylation is 2. The highest BCUT2D eigenvalue weighted by molar-refractivity contribution is 5.94. The number of fused-ring (bicyclic) bond motifs is 1. The minimum Gasteiger partial charge on any atom is -0.339 e. The Labute approximate surface area is 190 Å². The van der Waals surface area contributed by atoms with Gasteiger partial charge < -0.3 is 4.90 Å². The van der Waals surface area contributed by atoms with E-state index in [1.807, 2.05) is 28.6 Å². The van der Waals surface area contributed by atoms with Crippen LogP contribution in [0.4, 0.5) is 0 Å². The van der Waals surface area contributed by atoms with Crippen LogP contribution in [0.3, 0.4) is 0 Å². The summed E-state index contributed by atoms with van der Waals surface area (Å²) in [6.45, 7) is 8.68. The normalized spacial score (nSPS) is 17.4. The van der Waals surface area contributed by atoms with E-state index in [0.29, 0.717) is 6.04 Å². The van der Waals surface area contributed by atoms with E-state index in [1.165, 1.54) is 11.1 Å². The Balaban J connectivity index is 1.16. The van der Waals surface area contributed by atoms with Gasteiger partial charge in [0.05, 0.1) is 12.2 Å². The van der Waals surface area contributed by atoms with Crippen molar-refractivity contribution in [3.8, 4) is 0 Å². The summed E-state index contributed by atoms with van der Waals surface area (Å²) in [6.07, 6.45) is 3.26. The fourth-order valence-electron chi connectivity index (χ4n) is 5.21. The minimum absolute atomic E-state index is 0.158. The molecular weight excluding hydrogens is 396 g/mol. The lowest BCUT2D eigenvalue weighted by Gasteiger charge is -2.40. The van der Waals surface area contributed by atoms with Crippen molar-refractivity contribution in [1.29, 1.82) is 0 Å². The van der Waals surface area contributed by atoms with E-state index in [0.717, 1.165) is 74.5 Å². The molecule has 0 spiro atoms. The predicted octanol–water partition coefficient (Wildman–Crippen LogP) is 4.21. The van der Waals surface area contributed by atoms with Gasteiger partial charge in [-0.15, -0.1) is 0 Å². The highest BCUT2D eigenvalue weighted by Crippen LogP contribution is 2.25. The third-order valence-electron chi connectivity index (χ3n) is 7.06. The summed E-state index contributed by atoms with van der Waals surface area (Å²) in [6, 6.07) is 19.5. The summed E-state index contributed by atoms with van der Waals surface area (Å²) in [7, 11) is 0. The van der Waals surface area contributed by atoms with Crippen LogP contribution in [-0.4, -0.2) is 51.2 Å². The van der Waals surface area contributed by atoms with Crippen LogP contribution in [-0.2, 0) is 19.5 Å². The number of piperidine rings is 1. The van der Waals surface area contributed by atoms with Gasteiger partial charge in [0, 0.05) is 43.5 Å². The van der Waals surface area contributed by atoms with Crippen molar-refractivity contribution in [2.75, 3.05) is 19.6 Å². The van der Waals surface area contributed by atoms with Crippen molar-refractivity contribution < 1.29 is 4.79 Å². The molecule has 0 saturated carbocycles. The molecule has 0 N–H and O–H groups in total. The molecule has 1 fully saturated rings. The standard InChI is InChI=1S/C27H32N4O/c1-20-17-21(2)31(28-20)18-22-7-9-24(10-8-22)27(32)29-15-12-26(13-16-29)30-14-11-23-5-3-4-6-25(23)19-30/h3-10,17,26H,11-16,18-19H2,1-2H3. The van der Waals surface area contributed by atoms with Gasteiger partial charge in [-0.2, -0.15) is 5.10 Å². The molecule has 1 amide bonds. The molecule has 0 unspecified atom stereocenters. The zero-order chi connectivity index (χ0) is 22.1. The number of hydrogen-bond donors (Lipinski definition) is 0. The van der Waals surface area contributed by atoms with Gasteiger partial charge in [0.2, 0.25) is 0 Å². The molecule has 5 heteroatoms. The van der Waals surface area contributed by atoms with E-state index in [9.17, 15) is 4.79 Å². The van der Waals surface area contributed by atoms with E-state index in [4.69, 9.17) is 0 Å². The molecule has 0 aliphatic carbocycles. The summed E-state index contributed by atoms with van der Waals surface area (Å²) < 4.78 is 2.01. The number of likely N-dealkylation sites (tertiary alicyclic amines) is 1. The molecule has 1 aromatic heterocycles. The van der Waals surface area contributed by atoms with Gasteiger partial charge in [0.1, 0.15) is 0 Å². The fraction of sp³-hybridized carbons (Fsp3) is 0.407. The smallest absolute Gasteiger partial charge is 0.253 e. The van der Waals surface area contributed by atoms with Crippen LogP contribution in [0.25, 0.3) is 0 Å². The number of amides is 1. The number of hydrogen-bond acceptors (Lipinski definition) is 3. The second kappa shape index (κ2) is 8.91. The van der Waals surface area contributed by atoms with Gasteiger partial charge in [-0.3, -0.25) is 14.4 Å². The SMILES string of the molecule is Cc1cc(C)n(Cc2ccc(C(=O)N3CCC(N4CCc5ccccc5C4)CC3)cc2)n1. The molecule has 5 nitrogen and oxygen atoms in total. The van der Waals surface area contributed by atoms with E-state index in [2.05, 4.69) is 59.4 Å². The lowest BCUT2D eigenvalue weighted by atomic mass is 9.95. The Bertz CT molecular complexity index is 1090. The molecule has 2 aliphatic rings. The maximum atomic E-state index is 13.1. The first kappa shape index (κ1) is 21.0. The third kappa shape index (κ3) is 4.35. The van der Waals surface area contributed by atoms with Crippen LogP contribution in [0.15, 0.2) is 54.6 Å². The molecule has 0 bridgehead atoms. The lowest BCUT2D eigenvalue weighted by Crippen LogP contribution is -2.48. The van der Waals surface area contributed by atoms with Gasteiger partial charge in [0.15, 0.2) is 0 Å². The molecule has 2 aromatic carbocycles. The van der Waals surface area contributed by atoms with Crippen molar-refractivity contribution in [3.05, 3.63) is 88.2 Å². The van der Waals surface area contributed by atoms with Crippen molar-refractivity contribution in [3.63, 3.8) is 0 Å². The summed E-state index contributed by atoms with van der Waals surface area (Å²) in [4.78, 5) is 17.7. The first-order valence-electron chi connectivity index (χ1n) is 11.8. The third-order valence-corrected chi connectivity index (χ3v) is 7.06. The van der Waals surface area contributed by atoms with Crippen LogP contribution < -0.4 is 0 Å². The Morgan fingerprint density at radius 3 is 2.38 bits per heavy atom. The van der Waals surface area contributed by atoms with Crippen LogP contribution >= 0.6 is 0 Å². The minimum atomic E-state index is 0.158. The highest BCUT2D eigenvalue weighted by Gasteiger charge is 2.29. The predicted molar refractivity (Wildman–Crippen MR) is 127 cm³/mol. The number of aromatic nitrogens is 2. The average molecular weight is 429 g/mol. The van der Waals surface area contributed by atoms with Gasteiger partial charge in [0.25, 0.3) is 5.91 Å². The van der Waals surface area contributed by atoms with E-state index < -0.39 is 0 Å². The second-order valence-corrected chi connectivity index (χ2v) is 9.29. The van der Waals surface area contributed by atoms with Gasteiger partial charge >= 0.3 is 0 Å². The summed E-state index contributed by atoms with van der Waals surface area (Å²) in [5.41, 5.74) is 7.11. The van der Waals surface area contributed by atoms with E-state index >= 15 is 0 Å². The molecule has 0 radical (unpaired) electrons. The Morgan fingerprint density at radius 1 is 0.969 bits per heavy atom. The lowest BCUT2D eigenvalue weighted by molar-refractivity contribution is 0.0599. The zero-order valence-electron chi connectivity index (χ0n) is 19.1. The number of carbonyl (C=O) groups is 1. The fourth-order valence-corrected chi connectivity index (χ4v) is 5.21. The maximum Gasteiger partial charge on any atom is 0.253 e. The van der Waals surface area contributed by atoms with Crippen molar-refractivity contribution >= 4 is 5.91 Å². The average Bonchev–Trinajstić information content (AvgIpc) is 3.15. The molecular formula is C27H32N4O. The molecule has 1 saturated heterocycles. The second-order valence-electron chi connectivity index (χ2n) is 9.29. The molecule has 166 valence electrons. The quantitative estimate of drug-likeness (QED) is 0.625. The summed E-state index contributed by atoms with van der Waals surface area (Å²) >= 11 is 0. The van der Waals surface area contributed by atoms with Crippen LogP contribution in [0.5, 0.6) is 0 Å². The van der Waals surface area contributed by atoms with E-state index in [-0.39, 0.29) is 5.91 Å². The first-order chi connectivity index (χ1) is 15.6. The van der Waals surface area contributed by atoms with Crippen molar-refractivity contribution in [2.45, 2.75) is 52.2 Å².